The number of carbonyl (C=O) groups is 23. The first-order valence-corrected chi connectivity index (χ1v) is 23.7. The molecular formula is C60H107O26+. The highest BCUT2D eigenvalue weighted by atomic mass is 16.5. The minimum atomic E-state index is 0.613. The maximum Gasteiger partial charge on any atom is 0.281 e. The van der Waals surface area contributed by atoms with E-state index < -0.39 is 0 Å². The molecule has 0 aromatic heterocycles. The molecule has 0 radical (unpaired) electrons. The molecule has 1 N–H and O–H groups in total. The van der Waals surface area contributed by atoms with Crippen LogP contribution in [0.3, 0.4) is 0 Å². The number of fused-ring (bicyclic) bond motifs is 1. The van der Waals surface area contributed by atoms with Crippen molar-refractivity contribution < 1.29 is 125 Å². The molecular weight excluding hydrogens is 1140 g/mol. The summed E-state index contributed by atoms with van der Waals surface area (Å²) in [5.41, 5.74) is 0. The standard InChI is InChI=1S/C37H60O3.23CH2O/c38-31-24-20-18-16-14-12-10-8-6-4-2-1-3-5-7-9-11-13-15-17-19-21-25-32-39-33-34-40-37-30-26-28-35-27-22-23-29-36(35)37;23*1-2/h22-23,26-31H,1-21,24-25,32-34H2;23*1H2/p+1. The van der Waals surface area contributed by atoms with Crippen molar-refractivity contribution in [2.24, 2.45) is 0 Å². The Labute approximate surface area is 512 Å². The molecule has 0 aliphatic heterocycles. The van der Waals surface area contributed by atoms with E-state index in [0.717, 1.165) is 25.2 Å². The van der Waals surface area contributed by atoms with E-state index in [0.29, 0.717) is 13.2 Å². The largest absolute Gasteiger partial charge is 0.491 e. The van der Waals surface area contributed by atoms with Gasteiger partial charge in [0.25, 0.3) is 6.29 Å². The first-order chi connectivity index (χ1) is 42.9. The molecule has 0 amide bonds. The third-order valence-corrected chi connectivity index (χ3v) is 8.11. The van der Waals surface area contributed by atoms with Crippen LogP contribution in [-0.2, 0) is 115 Å². The van der Waals surface area contributed by atoms with Gasteiger partial charge in [0, 0.05) is 12.0 Å². The molecule has 0 bridgehead atoms. The van der Waals surface area contributed by atoms with Crippen LogP contribution in [0.5, 0.6) is 5.75 Å². The van der Waals surface area contributed by atoms with Gasteiger partial charge in [-0.05, 0) is 24.3 Å². The van der Waals surface area contributed by atoms with Crippen LogP contribution < -0.4 is 4.74 Å². The molecule has 0 saturated carbocycles. The fraction of sp³-hybridized carbons (Fsp3) is 0.433. The van der Waals surface area contributed by atoms with Gasteiger partial charge in [-0.1, -0.05) is 165 Å². The minimum Gasteiger partial charge on any atom is -0.491 e. The number of hydrogen-bond acceptors (Lipinski definition) is 25. The predicted octanol–water partition coefficient (Wildman–Crippen LogP) is 7.13. The Morgan fingerprint density at radius 2 is 0.453 bits per heavy atom. The van der Waals surface area contributed by atoms with Crippen LogP contribution >= 0.6 is 0 Å². The molecule has 0 unspecified atom stereocenters. The number of unbranched alkanes of at least 4 members (excludes halogenated alkanes) is 22. The molecule has 26 nitrogen and oxygen atoms in total. The maximum absolute atomic E-state index is 8.66. The molecule has 0 saturated heterocycles. The second kappa shape index (κ2) is 332. The second-order valence-electron chi connectivity index (χ2n) is 11.7. The Balaban J connectivity index is -0.0000000373. The Kier molecular flexibility index (Phi) is 567. The summed E-state index contributed by atoms with van der Waals surface area (Å²) in [6.45, 7) is 48.1. The van der Waals surface area contributed by atoms with E-state index in [2.05, 4.69) is 36.4 Å². The van der Waals surface area contributed by atoms with E-state index in [9.17, 15) is 0 Å². The van der Waals surface area contributed by atoms with Gasteiger partial charge in [0.1, 0.15) is 169 Å². The summed E-state index contributed by atoms with van der Waals surface area (Å²) < 4.78 is 11.7. The zero-order valence-corrected chi connectivity index (χ0v) is 51.4. The smallest absolute Gasteiger partial charge is 0.281 e. The fourth-order valence-corrected chi connectivity index (χ4v) is 5.61. The third-order valence-electron chi connectivity index (χ3n) is 8.11. The van der Waals surface area contributed by atoms with E-state index in [1.807, 2.05) is 162 Å². The van der Waals surface area contributed by atoms with Crippen LogP contribution in [0.15, 0.2) is 42.5 Å². The molecule has 86 heavy (non-hydrogen) atoms. The number of ether oxygens (including phenoxy) is 2. The van der Waals surface area contributed by atoms with Crippen molar-refractivity contribution in [1.82, 2.24) is 0 Å². The van der Waals surface area contributed by atoms with Gasteiger partial charge in [-0.25, -0.2) is 0 Å². The van der Waals surface area contributed by atoms with Gasteiger partial charge in [-0.3, -0.25) is 4.79 Å². The highest BCUT2D eigenvalue weighted by Crippen LogP contribution is 2.25. The summed E-state index contributed by atoms with van der Waals surface area (Å²) in [6, 6.07) is 14.6. The lowest BCUT2D eigenvalue weighted by Crippen LogP contribution is -2.07. The molecule has 0 atom stereocenters. The number of rotatable bonds is 29. The van der Waals surface area contributed by atoms with Crippen LogP contribution in [0.2, 0.25) is 0 Å². The second-order valence-corrected chi connectivity index (χ2v) is 11.7. The average molecular weight is 1240 g/mol. The molecule has 2 rings (SSSR count). The van der Waals surface area contributed by atoms with Gasteiger partial charge in [0.2, 0.25) is 0 Å². The van der Waals surface area contributed by atoms with Crippen LogP contribution in [0.4, 0.5) is 0 Å². The van der Waals surface area contributed by atoms with E-state index in [1.165, 1.54) is 152 Å². The molecule has 502 valence electrons. The van der Waals surface area contributed by atoms with Crippen LogP contribution in [0, 0.1) is 0 Å². The Morgan fingerprint density at radius 1 is 0.244 bits per heavy atom. The summed E-state index contributed by atoms with van der Waals surface area (Å²) in [4.78, 5) is 193. The predicted molar refractivity (Wildman–Crippen MR) is 338 cm³/mol. The van der Waals surface area contributed by atoms with E-state index >= 15 is 0 Å². The maximum atomic E-state index is 8.66. The first-order valence-electron chi connectivity index (χ1n) is 23.7. The quantitative estimate of drug-likeness (QED) is 0.0444. The van der Waals surface area contributed by atoms with Gasteiger partial charge in [-0.15, -0.1) is 0 Å². The third kappa shape index (κ3) is 234. The molecule has 0 fully saturated rings. The summed E-state index contributed by atoms with van der Waals surface area (Å²) >= 11 is 0. The van der Waals surface area contributed by atoms with Gasteiger partial charge in [0.15, 0.2) is 0 Å². The summed E-state index contributed by atoms with van der Waals surface area (Å²) in [5, 5.41) is 2.39. The van der Waals surface area contributed by atoms with Crippen molar-refractivity contribution >= 4 is 173 Å². The van der Waals surface area contributed by atoms with Crippen molar-refractivity contribution in [2.75, 3.05) is 19.8 Å². The molecule has 2 aromatic rings. The Morgan fingerprint density at radius 3 is 0.698 bits per heavy atom. The summed E-state index contributed by atoms with van der Waals surface area (Å²) in [6.07, 6.45) is 32.6. The Hall–Kier alpha value is -9.46. The van der Waals surface area contributed by atoms with E-state index in [1.54, 1.807) is 0 Å². The minimum absolute atomic E-state index is 0.613. The molecule has 0 heterocycles. The van der Waals surface area contributed by atoms with Crippen LogP contribution in [-0.4, -0.2) is 187 Å². The zero-order chi connectivity index (χ0) is 74.2. The highest BCUT2D eigenvalue weighted by Gasteiger charge is 2.01. The average Bonchev–Trinajstić information content (AvgIpc) is 3.67. The lowest BCUT2D eigenvalue weighted by atomic mass is 10.0. The number of carbonyl (C=O) groups excluding carboxylic acids is 24. The molecule has 26 heteroatoms. The molecule has 0 spiro atoms. The number of aldehydes is 1. The van der Waals surface area contributed by atoms with Crippen molar-refractivity contribution in [3.63, 3.8) is 0 Å². The van der Waals surface area contributed by atoms with Crippen molar-refractivity contribution in [1.29, 1.82) is 0 Å². The highest BCUT2D eigenvalue weighted by molar-refractivity contribution is 5.88. The fourth-order valence-electron chi connectivity index (χ4n) is 5.61. The lowest BCUT2D eigenvalue weighted by Gasteiger charge is -2.10. The van der Waals surface area contributed by atoms with E-state index in [4.69, 9.17) is 125 Å². The van der Waals surface area contributed by atoms with E-state index in [-0.39, 0.29) is 0 Å². The zero-order valence-electron chi connectivity index (χ0n) is 51.4. The summed E-state index contributed by atoms with van der Waals surface area (Å²) in [5.74, 6) is 0.950. The lowest BCUT2D eigenvalue weighted by molar-refractivity contribution is -0.0987. The van der Waals surface area contributed by atoms with Crippen molar-refractivity contribution in [3.05, 3.63) is 42.5 Å². The SMILES string of the molecule is C=O.C=O.C=O.C=O.C=O.C=O.C=O.C=O.C=O.C=O.C=O.C=O.C=O.C=O.C=O.C=O.C=O.C=O.C=O.C=O.C=O.C=O.C=O.[OH+]=CCCCCCCCCCCCCCCCCCCCCCCCCOCCOc1cccc2ccccc12. The topological polar surface area (TPSA) is 432 Å². The van der Waals surface area contributed by atoms with Crippen LogP contribution in [0.25, 0.3) is 10.8 Å². The van der Waals surface area contributed by atoms with Gasteiger partial charge in [0.05, 0.1) is 13.0 Å². The van der Waals surface area contributed by atoms with Crippen LogP contribution in [0.1, 0.15) is 148 Å². The van der Waals surface area contributed by atoms with Crippen molar-refractivity contribution in [2.45, 2.75) is 148 Å². The molecule has 0 aliphatic rings. The number of benzene rings is 2. The van der Waals surface area contributed by atoms with Gasteiger partial charge in [-0.2, -0.15) is 0 Å². The normalized spacial score (nSPS) is 6.33. The summed E-state index contributed by atoms with van der Waals surface area (Å²) in [7, 11) is 0. The van der Waals surface area contributed by atoms with Crippen molar-refractivity contribution in [3.8, 4) is 5.75 Å². The molecule has 0 aliphatic carbocycles. The monoisotopic (exact) mass is 1240 g/mol. The van der Waals surface area contributed by atoms with Gasteiger partial charge >= 0.3 is 0 Å². The van der Waals surface area contributed by atoms with Gasteiger partial charge < -0.3 is 120 Å². The number of hydrogen-bond donors (Lipinski definition) is 0. The Bertz CT molecular complexity index is 1140. The molecule has 2 aromatic carbocycles. The first kappa shape index (κ1) is 147.